The van der Waals surface area contributed by atoms with E-state index in [1.54, 1.807) is 31.2 Å². The molecule has 1 unspecified atom stereocenters. The van der Waals surface area contributed by atoms with Gasteiger partial charge in [0.1, 0.15) is 6.54 Å². The zero-order chi connectivity index (χ0) is 25.8. The van der Waals surface area contributed by atoms with Gasteiger partial charge in [-0.25, -0.2) is 0 Å². The molecule has 188 valence electrons. The van der Waals surface area contributed by atoms with Crippen LogP contribution in [0.5, 0.6) is 0 Å². The average molecular weight is 577 g/mol. The third kappa shape index (κ3) is 6.14. The summed E-state index contributed by atoms with van der Waals surface area (Å²) in [6.07, 6.45) is -4.64. The Labute approximate surface area is 213 Å². The number of carbonyl (C=O) groups is 2. The van der Waals surface area contributed by atoms with E-state index in [1.165, 1.54) is 18.2 Å². The molecule has 7 nitrogen and oxygen atoms in total. The number of anilines is 1. The standard InChI is InChI=1S/C23H22BrClF3N3O4/c1-3-35-21(33)22(13-34-2)12-31(11-19(32)29-16-7-5-15(24)6-8-16)30-20(22)14-4-9-17(18(25)10-14)23(26,27)28/h4-10H,3,11-13H2,1-2H3,(H,29,32). The van der Waals surface area contributed by atoms with Crippen LogP contribution in [0.2, 0.25) is 5.02 Å². The van der Waals surface area contributed by atoms with Crippen LogP contribution in [-0.2, 0) is 25.2 Å². The first kappa shape index (κ1) is 27.0. The lowest BCUT2D eigenvalue weighted by Crippen LogP contribution is -2.47. The second-order valence-electron chi connectivity index (χ2n) is 7.75. The maximum absolute atomic E-state index is 13.2. The molecule has 1 aliphatic heterocycles. The van der Waals surface area contributed by atoms with E-state index in [9.17, 15) is 22.8 Å². The Kier molecular flexibility index (Phi) is 8.45. The fraction of sp³-hybridized carbons (Fsp3) is 0.348. The van der Waals surface area contributed by atoms with E-state index < -0.39 is 34.1 Å². The lowest BCUT2D eigenvalue weighted by molar-refractivity contribution is -0.154. The van der Waals surface area contributed by atoms with E-state index in [2.05, 4.69) is 26.3 Å². The summed E-state index contributed by atoms with van der Waals surface area (Å²) < 4.78 is 51.0. The predicted octanol–water partition coefficient (Wildman–Crippen LogP) is 4.98. The van der Waals surface area contributed by atoms with Gasteiger partial charge in [-0.2, -0.15) is 18.3 Å². The number of nitrogens with zero attached hydrogens (tertiary/aromatic N) is 2. The smallest absolute Gasteiger partial charge is 0.417 e. The van der Waals surface area contributed by atoms with Crippen LogP contribution < -0.4 is 5.32 Å². The van der Waals surface area contributed by atoms with Crippen LogP contribution >= 0.6 is 27.5 Å². The number of esters is 1. The van der Waals surface area contributed by atoms with Crippen molar-refractivity contribution >= 4 is 50.8 Å². The van der Waals surface area contributed by atoms with Crippen LogP contribution in [0.15, 0.2) is 52.0 Å². The quantitative estimate of drug-likeness (QED) is 0.449. The molecular formula is C23H22BrClF3N3O4. The predicted molar refractivity (Wildman–Crippen MR) is 128 cm³/mol. The van der Waals surface area contributed by atoms with Crippen molar-refractivity contribution in [2.45, 2.75) is 13.1 Å². The SMILES string of the molecule is CCOC(=O)C1(COC)CN(CC(=O)Nc2ccc(Br)cc2)N=C1c1ccc(C(F)(F)F)c(Cl)c1. The molecule has 12 heteroatoms. The number of hydrogen-bond donors (Lipinski definition) is 1. The summed E-state index contributed by atoms with van der Waals surface area (Å²) in [6.45, 7) is 1.21. The molecule has 0 bridgehead atoms. The normalized spacial score (nSPS) is 17.8. The summed E-state index contributed by atoms with van der Waals surface area (Å²) in [6, 6.07) is 10.0. The molecule has 1 amide bonds. The third-order valence-corrected chi connectivity index (χ3v) is 6.05. The summed E-state index contributed by atoms with van der Waals surface area (Å²) in [7, 11) is 1.38. The first-order valence-corrected chi connectivity index (χ1v) is 11.6. The number of alkyl halides is 3. The van der Waals surface area contributed by atoms with Gasteiger partial charge in [-0.3, -0.25) is 14.6 Å². The lowest BCUT2D eigenvalue weighted by Gasteiger charge is -2.28. The molecule has 0 saturated heterocycles. The van der Waals surface area contributed by atoms with Crippen molar-refractivity contribution in [1.82, 2.24) is 5.01 Å². The Morgan fingerprint density at radius 1 is 1.23 bits per heavy atom. The van der Waals surface area contributed by atoms with Gasteiger partial charge in [0.2, 0.25) is 5.91 Å². The molecule has 1 aliphatic rings. The molecule has 0 spiro atoms. The van der Waals surface area contributed by atoms with E-state index in [4.69, 9.17) is 21.1 Å². The van der Waals surface area contributed by atoms with Gasteiger partial charge in [-0.05, 0) is 43.3 Å². The van der Waals surface area contributed by atoms with Gasteiger partial charge in [0.25, 0.3) is 0 Å². The summed E-state index contributed by atoms with van der Waals surface area (Å²) in [4.78, 5) is 25.7. The zero-order valence-corrected chi connectivity index (χ0v) is 21.1. The van der Waals surface area contributed by atoms with Gasteiger partial charge >= 0.3 is 12.1 Å². The number of benzene rings is 2. The van der Waals surface area contributed by atoms with Crippen molar-refractivity contribution in [1.29, 1.82) is 0 Å². The highest BCUT2D eigenvalue weighted by atomic mass is 79.9. The number of halogens is 5. The summed E-state index contributed by atoms with van der Waals surface area (Å²) >= 11 is 9.24. The van der Waals surface area contributed by atoms with Crippen LogP contribution in [-0.4, -0.2) is 56.0 Å². The molecule has 0 aliphatic carbocycles. The summed E-state index contributed by atoms with van der Waals surface area (Å²) in [5.41, 5.74) is -1.65. The van der Waals surface area contributed by atoms with Gasteiger partial charge in [0.15, 0.2) is 5.41 Å². The maximum atomic E-state index is 13.2. The van der Waals surface area contributed by atoms with Crippen LogP contribution in [0.3, 0.4) is 0 Å². The molecule has 3 rings (SSSR count). The van der Waals surface area contributed by atoms with Crippen molar-refractivity contribution < 1.29 is 32.2 Å². The highest BCUT2D eigenvalue weighted by Crippen LogP contribution is 2.38. The molecule has 0 fully saturated rings. The van der Waals surface area contributed by atoms with Gasteiger partial charge in [-0.15, -0.1) is 0 Å². The molecule has 1 heterocycles. The van der Waals surface area contributed by atoms with E-state index >= 15 is 0 Å². The number of rotatable bonds is 8. The van der Waals surface area contributed by atoms with Gasteiger partial charge in [0.05, 0.1) is 36.1 Å². The minimum Gasteiger partial charge on any atom is -0.465 e. The Hall–Kier alpha value is -2.63. The Balaban J connectivity index is 1.96. The molecule has 2 aromatic carbocycles. The molecule has 1 atom stereocenters. The number of hydrazone groups is 1. The van der Waals surface area contributed by atoms with Crippen molar-refractivity contribution in [3.63, 3.8) is 0 Å². The van der Waals surface area contributed by atoms with Gasteiger partial charge < -0.3 is 14.8 Å². The largest absolute Gasteiger partial charge is 0.465 e. The topological polar surface area (TPSA) is 80.2 Å². The minimum absolute atomic E-state index is 0.0649. The van der Waals surface area contributed by atoms with Gasteiger partial charge in [0, 0.05) is 22.8 Å². The Bertz CT molecular complexity index is 1130. The maximum Gasteiger partial charge on any atom is 0.417 e. The van der Waals surface area contributed by atoms with Crippen LogP contribution in [0.1, 0.15) is 18.1 Å². The monoisotopic (exact) mass is 575 g/mol. The number of ether oxygens (including phenoxy) is 2. The van der Waals surface area contributed by atoms with Crippen molar-refractivity contribution in [3.8, 4) is 0 Å². The fourth-order valence-corrected chi connectivity index (χ4v) is 4.28. The highest BCUT2D eigenvalue weighted by molar-refractivity contribution is 9.10. The lowest BCUT2D eigenvalue weighted by atomic mass is 9.80. The average Bonchev–Trinajstić information content (AvgIpc) is 3.13. The minimum atomic E-state index is -4.64. The Morgan fingerprint density at radius 3 is 2.49 bits per heavy atom. The molecular weight excluding hydrogens is 555 g/mol. The van der Waals surface area contributed by atoms with Crippen molar-refractivity contribution in [2.75, 3.05) is 38.7 Å². The molecule has 0 radical (unpaired) electrons. The second kappa shape index (κ2) is 11.0. The van der Waals surface area contributed by atoms with E-state index in [0.29, 0.717) is 5.69 Å². The molecule has 35 heavy (non-hydrogen) atoms. The van der Waals surface area contributed by atoms with E-state index in [-0.39, 0.29) is 37.6 Å². The van der Waals surface area contributed by atoms with Crippen LogP contribution in [0.4, 0.5) is 18.9 Å². The van der Waals surface area contributed by atoms with Crippen LogP contribution in [0.25, 0.3) is 0 Å². The number of amides is 1. The summed E-state index contributed by atoms with van der Waals surface area (Å²) in [5, 5.41) is 7.97. The third-order valence-electron chi connectivity index (χ3n) is 5.21. The first-order chi connectivity index (χ1) is 16.5. The highest BCUT2D eigenvalue weighted by Gasteiger charge is 2.51. The zero-order valence-electron chi connectivity index (χ0n) is 18.8. The molecule has 0 saturated carbocycles. The Morgan fingerprint density at radius 2 is 1.91 bits per heavy atom. The number of hydrogen-bond acceptors (Lipinski definition) is 6. The first-order valence-electron chi connectivity index (χ1n) is 10.4. The van der Waals surface area contributed by atoms with Crippen LogP contribution in [0, 0.1) is 5.41 Å². The van der Waals surface area contributed by atoms with E-state index in [0.717, 1.165) is 16.6 Å². The molecule has 2 aromatic rings. The number of methoxy groups -OCH3 is 1. The molecule has 0 aromatic heterocycles. The number of carbonyl (C=O) groups excluding carboxylic acids is 2. The van der Waals surface area contributed by atoms with Crippen molar-refractivity contribution in [2.24, 2.45) is 10.5 Å². The number of nitrogens with one attached hydrogen (secondary N) is 1. The molecule has 1 N–H and O–H groups in total. The fourth-order valence-electron chi connectivity index (χ4n) is 3.73. The van der Waals surface area contributed by atoms with Gasteiger partial charge in [-0.1, -0.05) is 33.6 Å². The van der Waals surface area contributed by atoms with E-state index in [1.807, 2.05) is 0 Å². The second-order valence-corrected chi connectivity index (χ2v) is 9.08. The van der Waals surface area contributed by atoms with Crippen molar-refractivity contribution in [3.05, 3.63) is 63.1 Å². The summed E-state index contributed by atoms with van der Waals surface area (Å²) in [5.74, 6) is -1.08.